The van der Waals surface area contributed by atoms with E-state index in [1.165, 1.54) is 0 Å². The van der Waals surface area contributed by atoms with Crippen LogP contribution in [-0.2, 0) is 23.9 Å². The molecular weight excluding hydrogens is 290 g/mol. The van der Waals surface area contributed by atoms with Crippen molar-refractivity contribution in [2.24, 2.45) is 11.8 Å². The van der Waals surface area contributed by atoms with E-state index in [2.05, 4.69) is 5.32 Å². The van der Waals surface area contributed by atoms with Gasteiger partial charge in [0.15, 0.2) is 5.60 Å². The van der Waals surface area contributed by atoms with E-state index in [0.717, 1.165) is 6.29 Å². The molecule has 22 heavy (non-hydrogen) atoms. The molecule has 0 aromatic rings. The fourth-order valence-corrected chi connectivity index (χ4v) is 3.68. The lowest BCUT2D eigenvalue weighted by Gasteiger charge is -2.54. The van der Waals surface area contributed by atoms with Gasteiger partial charge in [0.2, 0.25) is 11.4 Å². The van der Waals surface area contributed by atoms with E-state index in [-0.39, 0.29) is 18.7 Å². The van der Waals surface area contributed by atoms with Crippen molar-refractivity contribution in [2.75, 3.05) is 0 Å². The highest BCUT2D eigenvalue weighted by Crippen LogP contribution is 2.52. The summed E-state index contributed by atoms with van der Waals surface area (Å²) in [5.41, 5.74) is -2.72. The number of carbonyl (C=O) groups is 4. The topological polar surface area (TPSA) is 110 Å². The van der Waals surface area contributed by atoms with Gasteiger partial charge in [-0.15, -0.1) is 0 Å². The van der Waals surface area contributed by atoms with Crippen molar-refractivity contribution in [1.82, 2.24) is 5.32 Å². The van der Waals surface area contributed by atoms with Gasteiger partial charge in [-0.1, -0.05) is 6.92 Å². The van der Waals surface area contributed by atoms with Gasteiger partial charge in [-0.25, -0.2) is 4.79 Å². The SMILES string of the molecule is CCC1C(=O)NC2(C(O)C(C=O)CCCC=O)C(=O)OC12C. The smallest absolute Gasteiger partial charge is 0.339 e. The molecule has 0 radical (unpaired) electrons. The lowest BCUT2D eigenvalue weighted by atomic mass is 9.65. The Morgan fingerprint density at radius 2 is 2.09 bits per heavy atom. The van der Waals surface area contributed by atoms with Gasteiger partial charge in [-0.2, -0.15) is 0 Å². The van der Waals surface area contributed by atoms with Crippen LogP contribution in [0, 0.1) is 11.8 Å². The quantitative estimate of drug-likeness (QED) is 0.363. The fraction of sp³-hybridized carbons (Fsp3) is 0.733. The number of carbonyl (C=O) groups excluding carboxylic acids is 4. The summed E-state index contributed by atoms with van der Waals surface area (Å²) in [5.74, 6) is -2.47. The van der Waals surface area contributed by atoms with Crippen LogP contribution in [0.1, 0.15) is 39.5 Å². The third-order valence-electron chi connectivity index (χ3n) is 5.00. The van der Waals surface area contributed by atoms with Crippen LogP contribution < -0.4 is 5.32 Å². The molecule has 7 nitrogen and oxygen atoms in total. The first-order valence-electron chi connectivity index (χ1n) is 7.51. The molecule has 7 heteroatoms. The summed E-state index contributed by atoms with van der Waals surface area (Å²) < 4.78 is 5.21. The number of esters is 1. The number of hydrogen-bond acceptors (Lipinski definition) is 6. The molecule has 0 aromatic carbocycles. The Morgan fingerprint density at radius 1 is 1.41 bits per heavy atom. The highest BCUT2D eigenvalue weighted by molar-refractivity contribution is 6.02. The number of ether oxygens (including phenoxy) is 1. The first kappa shape index (κ1) is 16.6. The zero-order valence-electron chi connectivity index (χ0n) is 12.7. The van der Waals surface area contributed by atoms with Gasteiger partial charge in [-0.05, 0) is 26.2 Å². The summed E-state index contributed by atoms with van der Waals surface area (Å²) >= 11 is 0. The molecule has 2 aliphatic rings. The van der Waals surface area contributed by atoms with Crippen molar-refractivity contribution in [3.8, 4) is 0 Å². The van der Waals surface area contributed by atoms with Gasteiger partial charge in [0, 0.05) is 12.3 Å². The summed E-state index contributed by atoms with van der Waals surface area (Å²) in [7, 11) is 0. The van der Waals surface area contributed by atoms with Crippen LogP contribution in [0.5, 0.6) is 0 Å². The molecule has 5 atom stereocenters. The molecule has 2 aliphatic heterocycles. The summed E-state index contributed by atoms with van der Waals surface area (Å²) in [4.78, 5) is 45.9. The summed E-state index contributed by atoms with van der Waals surface area (Å²) in [5, 5.41) is 13.2. The van der Waals surface area contributed by atoms with Crippen molar-refractivity contribution in [2.45, 2.75) is 56.8 Å². The van der Waals surface area contributed by atoms with E-state index in [1.54, 1.807) is 13.8 Å². The average molecular weight is 311 g/mol. The summed E-state index contributed by atoms with van der Waals surface area (Å²) in [6, 6.07) is 0. The Kier molecular flexibility index (Phi) is 4.37. The number of aliphatic hydroxyl groups is 1. The number of nitrogens with one attached hydrogen (secondary N) is 1. The summed E-state index contributed by atoms with van der Waals surface area (Å²) in [6.45, 7) is 3.41. The lowest BCUT2D eigenvalue weighted by Crippen LogP contribution is -2.80. The van der Waals surface area contributed by atoms with Crippen molar-refractivity contribution in [3.63, 3.8) is 0 Å². The van der Waals surface area contributed by atoms with Crippen LogP contribution in [0.15, 0.2) is 0 Å². The standard InChI is InChI=1S/C15H21NO6/c1-3-10-12(20)16-15(13(21)22-14(10,15)2)11(19)9(8-18)6-4-5-7-17/h7-11,19H,3-6H2,1-2H3,(H,16,20). The molecular formula is C15H21NO6. The van der Waals surface area contributed by atoms with Gasteiger partial charge in [0.1, 0.15) is 18.7 Å². The molecule has 2 heterocycles. The average Bonchev–Trinajstić information content (AvgIpc) is 2.66. The second-order valence-electron chi connectivity index (χ2n) is 6.10. The molecule has 2 fully saturated rings. The van der Waals surface area contributed by atoms with E-state index in [4.69, 9.17) is 4.74 Å². The Bertz CT molecular complexity index is 506. The second kappa shape index (κ2) is 5.79. The van der Waals surface area contributed by atoms with Gasteiger partial charge in [0.05, 0.1) is 5.92 Å². The molecule has 0 aromatic heterocycles. The maximum atomic E-state index is 12.1. The second-order valence-corrected chi connectivity index (χ2v) is 6.10. The molecule has 0 spiro atoms. The van der Waals surface area contributed by atoms with Crippen molar-refractivity contribution >= 4 is 24.4 Å². The van der Waals surface area contributed by atoms with E-state index >= 15 is 0 Å². The monoisotopic (exact) mass is 311 g/mol. The molecule has 0 aliphatic carbocycles. The summed E-state index contributed by atoms with van der Waals surface area (Å²) in [6.07, 6.45) is 1.36. The maximum absolute atomic E-state index is 12.1. The first-order valence-corrected chi connectivity index (χ1v) is 7.51. The third-order valence-corrected chi connectivity index (χ3v) is 5.00. The van der Waals surface area contributed by atoms with Gasteiger partial charge in [-0.3, -0.25) is 4.79 Å². The molecule has 122 valence electrons. The minimum absolute atomic E-state index is 0.265. The molecule has 2 saturated heterocycles. The van der Waals surface area contributed by atoms with E-state index in [0.29, 0.717) is 19.1 Å². The fourth-order valence-electron chi connectivity index (χ4n) is 3.68. The van der Waals surface area contributed by atoms with Crippen LogP contribution in [-0.4, -0.2) is 46.8 Å². The lowest BCUT2D eigenvalue weighted by molar-refractivity contribution is -0.238. The number of aldehydes is 2. The van der Waals surface area contributed by atoms with Gasteiger partial charge >= 0.3 is 5.97 Å². The van der Waals surface area contributed by atoms with Crippen molar-refractivity contribution in [1.29, 1.82) is 0 Å². The largest absolute Gasteiger partial charge is 0.453 e. The molecule has 2 rings (SSSR count). The number of hydrogen-bond donors (Lipinski definition) is 2. The highest BCUT2D eigenvalue weighted by Gasteiger charge is 2.79. The minimum atomic E-state index is -1.57. The Labute approximate surface area is 128 Å². The van der Waals surface area contributed by atoms with E-state index in [9.17, 15) is 24.3 Å². The van der Waals surface area contributed by atoms with Crippen molar-refractivity contribution in [3.05, 3.63) is 0 Å². The number of unbranched alkanes of at least 4 members (excludes halogenated alkanes) is 1. The number of aliphatic hydroxyl groups excluding tert-OH is 1. The normalized spacial score (nSPS) is 35.7. The first-order chi connectivity index (χ1) is 10.4. The van der Waals surface area contributed by atoms with Gasteiger partial charge < -0.3 is 24.7 Å². The zero-order valence-corrected chi connectivity index (χ0v) is 12.7. The van der Waals surface area contributed by atoms with Crippen LogP contribution >= 0.6 is 0 Å². The Morgan fingerprint density at radius 3 is 2.59 bits per heavy atom. The Balaban J connectivity index is 2.27. The zero-order chi connectivity index (χ0) is 16.5. The third kappa shape index (κ3) is 1.99. The predicted octanol–water partition coefficient (Wildman–Crippen LogP) is -0.258. The molecule has 1 amide bonds. The highest BCUT2D eigenvalue weighted by atomic mass is 16.6. The molecule has 2 N–H and O–H groups in total. The maximum Gasteiger partial charge on any atom is 0.339 e. The molecule has 0 saturated carbocycles. The molecule has 0 bridgehead atoms. The number of rotatable bonds is 8. The predicted molar refractivity (Wildman–Crippen MR) is 74.6 cm³/mol. The van der Waals surface area contributed by atoms with Crippen LogP contribution in [0.25, 0.3) is 0 Å². The number of fused-ring (bicyclic) bond motifs is 1. The van der Waals surface area contributed by atoms with Crippen molar-refractivity contribution < 1.29 is 29.0 Å². The minimum Gasteiger partial charge on any atom is -0.453 e. The van der Waals surface area contributed by atoms with Gasteiger partial charge in [0.25, 0.3) is 0 Å². The Hall–Kier alpha value is -1.76. The van der Waals surface area contributed by atoms with E-state index in [1.807, 2.05) is 0 Å². The van der Waals surface area contributed by atoms with Crippen LogP contribution in [0.2, 0.25) is 0 Å². The van der Waals surface area contributed by atoms with Crippen LogP contribution in [0.4, 0.5) is 0 Å². The van der Waals surface area contributed by atoms with Crippen LogP contribution in [0.3, 0.4) is 0 Å². The molecule has 5 unspecified atom stereocenters. The van der Waals surface area contributed by atoms with E-state index < -0.39 is 35.0 Å². The number of amides is 1.